The minimum absolute atomic E-state index is 0.0968. The van der Waals surface area contributed by atoms with Crippen LogP contribution < -0.4 is 10.1 Å². The van der Waals surface area contributed by atoms with Crippen molar-refractivity contribution < 1.29 is 17.9 Å². The first-order chi connectivity index (χ1) is 9.41. The van der Waals surface area contributed by atoms with Gasteiger partial charge in [-0.3, -0.25) is 0 Å². The Balaban J connectivity index is 2.33. The highest BCUT2D eigenvalue weighted by atomic mass is 35.5. The van der Waals surface area contributed by atoms with E-state index in [2.05, 4.69) is 5.32 Å². The number of hydrogen-bond acceptors (Lipinski definition) is 2. The second-order valence-corrected chi connectivity index (χ2v) is 5.48. The van der Waals surface area contributed by atoms with Gasteiger partial charge in [-0.2, -0.15) is 13.2 Å². The van der Waals surface area contributed by atoms with E-state index in [9.17, 15) is 13.2 Å². The van der Waals surface area contributed by atoms with Crippen LogP contribution in [0.15, 0.2) is 12.1 Å². The van der Waals surface area contributed by atoms with Gasteiger partial charge in [0.15, 0.2) is 0 Å². The fraction of sp³-hybridized carbons (Fsp3) is 0.571. The molecular weight excluding hydrogens is 291 g/mol. The maximum atomic E-state index is 13.0. The van der Waals surface area contributed by atoms with E-state index in [1.807, 2.05) is 0 Å². The van der Waals surface area contributed by atoms with Crippen molar-refractivity contribution in [2.75, 3.05) is 20.2 Å². The van der Waals surface area contributed by atoms with Gasteiger partial charge in [-0.1, -0.05) is 11.6 Å². The predicted molar refractivity (Wildman–Crippen MR) is 72.3 cm³/mol. The lowest BCUT2D eigenvalue weighted by atomic mass is 9.90. The van der Waals surface area contributed by atoms with E-state index >= 15 is 0 Å². The van der Waals surface area contributed by atoms with Gasteiger partial charge in [0, 0.05) is 5.02 Å². The Morgan fingerprint density at radius 2 is 1.95 bits per heavy atom. The van der Waals surface area contributed by atoms with Crippen LogP contribution in [0.5, 0.6) is 5.75 Å². The summed E-state index contributed by atoms with van der Waals surface area (Å²) in [4.78, 5) is 0. The fourth-order valence-electron chi connectivity index (χ4n) is 2.65. The van der Waals surface area contributed by atoms with Gasteiger partial charge in [0.25, 0.3) is 0 Å². The summed E-state index contributed by atoms with van der Waals surface area (Å²) in [6.07, 6.45) is -1.98. The van der Waals surface area contributed by atoms with Crippen molar-refractivity contribution in [1.29, 1.82) is 0 Å². The molecule has 6 heteroatoms. The van der Waals surface area contributed by atoms with Crippen LogP contribution in [0, 0.1) is 5.92 Å². The second kappa shape index (κ2) is 6.22. The van der Waals surface area contributed by atoms with Crippen LogP contribution >= 0.6 is 11.6 Å². The fourth-order valence-corrected chi connectivity index (χ4v) is 2.89. The SMILES string of the molecule is COc1c(CC2CCNCC2)cc(Cl)cc1C(F)(F)F. The molecular formula is C14H17ClF3NO. The van der Waals surface area contributed by atoms with Gasteiger partial charge >= 0.3 is 6.18 Å². The number of ether oxygens (including phenoxy) is 1. The van der Waals surface area contributed by atoms with Crippen LogP contribution in [0.2, 0.25) is 5.02 Å². The minimum atomic E-state index is -4.46. The largest absolute Gasteiger partial charge is 0.496 e. The molecule has 1 aromatic rings. The third-order valence-corrected chi connectivity index (χ3v) is 3.83. The lowest BCUT2D eigenvalue weighted by molar-refractivity contribution is -0.138. The molecule has 1 aliphatic heterocycles. The summed E-state index contributed by atoms with van der Waals surface area (Å²) in [5.74, 6) is 0.269. The highest BCUT2D eigenvalue weighted by molar-refractivity contribution is 6.30. The van der Waals surface area contributed by atoms with Crippen LogP contribution in [0.4, 0.5) is 13.2 Å². The van der Waals surface area contributed by atoms with Gasteiger partial charge in [0.1, 0.15) is 5.75 Å². The molecule has 0 aromatic heterocycles. The van der Waals surface area contributed by atoms with Crippen molar-refractivity contribution in [2.45, 2.75) is 25.4 Å². The number of halogens is 4. The third-order valence-electron chi connectivity index (χ3n) is 3.61. The molecule has 0 amide bonds. The molecule has 0 bridgehead atoms. The van der Waals surface area contributed by atoms with Crippen molar-refractivity contribution in [2.24, 2.45) is 5.92 Å². The number of rotatable bonds is 3. The highest BCUT2D eigenvalue weighted by Crippen LogP contribution is 2.41. The molecule has 0 radical (unpaired) electrons. The number of piperidine rings is 1. The average Bonchev–Trinajstić information content (AvgIpc) is 2.38. The molecule has 0 saturated carbocycles. The van der Waals surface area contributed by atoms with E-state index in [-0.39, 0.29) is 10.8 Å². The van der Waals surface area contributed by atoms with Gasteiger partial charge in [-0.05, 0) is 56.0 Å². The van der Waals surface area contributed by atoms with E-state index in [4.69, 9.17) is 16.3 Å². The van der Waals surface area contributed by atoms with Gasteiger partial charge in [0.2, 0.25) is 0 Å². The van der Waals surface area contributed by atoms with Crippen LogP contribution in [0.25, 0.3) is 0 Å². The summed E-state index contributed by atoms with van der Waals surface area (Å²) in [5.41, 5.74) is -0.254. The second-order valence-electron chi connectivity index (χ2n) is 5.04. The summed E-state index contributed by atoms with van der Waals surface area (Å²) in [5, 5.41) is 3.34. The van der Waals surface area contributed by atoms with Crippen LogP contribution in [0.3, 0.4) is 0 Å². The van der Waals surface area contributed by atoms with E-state index in [1.54, 1.807) is 6.07 Å². The third kappa shape index (κ3) is 3.58. The average molecular weight is 308 g/mol. The first-order valence-corrected chi connectivity index (χ1v) is 6.94. The molecule has 20 heavy (non-hydrogen) atoms. The smallest absolute Gasteiger partial charge is 0.420 e. The Labute approximate surface area is 121 Å². The number of alkyl halides is 3. The first-order valence-electron chi connectivity index (χ1n) is 6.56. The number of hydrogen-bond donors (Lipinski definition) is 1. The topological polar surface area (TPSA) is 21.3 Å². The summed E-state index contributed by atoms with van der Waals surface area (Å²) < 4.78 is 44.1. The van der Waals surface area contributed by atoms with E-state index in [0.717, 1.165) is 32.0 Å². The highest BCUT2D eigenvalue weighted by Gasteiger charge is 2.36. The molecule has 112 valence electrons. The molecule has 2 rings (SSSR count). The van der Waals surface area contributed by atoms with Crippen molar-refractivity contribution in [3.63, 3.8) is 0 Å². The molecule has 1 fully saturated rings. The van der Waals surface area contributed by atoms with Crippen molar-refractivity contribution in [3.8, 4) is 5.75 Å². The Hall–Kier alpha value is -0.940. The lowest BCUT2D eigenvalue weighted by Gasteiger charge is -2.24. The Bertz CT molecular complexity index is 470. The standard InChI is InChI=1S/C14H17ClF3NO/c1-20-13-10(6-9-2-4-19-5-3-9)7-11(15)8-12(13)14(16,17)18/h7-9,19H,2-6H2,1H3. The Morgan fingerprint density at radius 1 is 1.30 bits per heavy atom. The molecule has 0 spiro atoms. The number of methoxy groups -OCH3 is 1. The molecule has 1 aromatic carbocycles. The zero-order valence-electron chi connectivity index (χ0n) is 11.2. The molecule has 2 nitrogen and oxygen atoms in total. The first kappa shape index (κ1) is 15.4. The molecule has 1 saturated heterocycles. The van der Waals surface area contributed by atoms with Crippen LogP contribution in [-0.2, 0) is 12.6 Å². The van der Waals surface area contributed by atoms with Gasteiger partial charge in [-0.25, -0.2) is 0 Å². The number of nitrogens with one attached hydrogen (secondary N) is 1. The Morgan fingerprint density at radius 3 is 2.50 bits per heavy atom. The van der Waals surface area contributed by atoms with Gasteiger partial charge in [0.05, 0.1) is 12.7 Å². The predicted octanol–water partition coefficient (Wildman–Crippen LogP) is 3.91. The van der Waals surface area contributed by atoms with Crippen molar-refractivity contribution >= 4 is 11.6 Å². The van der Waals surface area contributed by atoms with Crippen LogP contribution in [-0.4, -0.2) is 20.2 Å². The van der Waals surface area contributed by atoms with E-state index in [1.165, 1.54) is 7.11 Å². The minimum Gasteiger partial charge on any atom is -0.496 e. The lowest BCUT2D eigenvalue weighted by Crippen LogP contribution is -2.28. The molecule has 0 aliphatic carbocycles. The van der Waals surface area contributed by atoms with Crippen LogP contribution in [0.1, 0.15) is 24.0 Å². The zero-order valence-corrected chi connectivity index (χ0v) is 11.9. The summed E-state index contributed by atoms with van der Waals surface area (Å²) in [6, 6.07) is 2.50. The monoisotopic (exact) mass is 307 g/mol. The molecule has 1 aliphatic rings. The van der Waals surface area contributed by atoms with Gasteiger partial charge in [-0.15, -0.1) is 0 Å². The normalized spacial score (nSPS) is 17.2. The quantitative estimate of drug-likeness (QED) is 0.914. The molecule has 1 N–H and O–H groups in total. The maximum Gasteiger partial charge on any atom is 0.420 e. The number of benzene rings is 1. The molecule has 0 unspecified atom stereocenters. The summed E-state index contributed by atoms with van der Waals surface area (Å²) in [7, 11) is 1.27. The molecule has 0 atom stereocenters. The maximum absolute atomic E-state index is 13.0. The van der Waals surface area contributed by atoms with E-state index < -0.39 is 11.7 Å². The zero-order chi connectivity index (χ0) is 14.8. The summed E-state index contributed by atoms with van der Waals surface area (Å²) >= 11 is 5.83. The summed E-state index contributed by atoms with van der Waals surface area (Å²) in [6.45, 7) is 1.80. The molecule has 1 heterocycles. The Kier molecular flexibility index (Phi) is 4.81. The van der Waals surface area contributed by atoms with Gasteiger partial charge < -0.3 is 10.1 Å². The van der Waals surface area contributed by atoms with Crippen molar-refractivity contribution in [3.05, 3.63) is 28.3 Å². The van der Waals surface area contributed by atoms with E-state index in [0.29, 0.717) is 17.9 Å². The van der Waals surface area contributed by atoms with Crippen molar-refractivity contribution in [1.82, 2.24) is 5.32 Å².